The highest BCUT2D eigenvalue weighted by atomic mass is 127. The fourth-order valence-electron chi connectivity index (χ4n) is 3.44. The van der Waals surface area contributed by atoms with Crippen LogP contribution in [-0.2, 0) is 9.53 Å². The quantitative estimate of drug-likeness (QED) is 0.119. The summed E-state index contributed by atoms with van der Waals surface area (Å²) >= 11 is 0. The first kappa shape index (κ1) is 32.6. The van der Waals surface area contributed by atoms with Gasteiger partial charge in [0.05, 0.1) is 6.61 Å². The lowest BCUT2D eigenvalue weighted by atomic mass is 10.0. The molecule has 0 aromatic rings. The van der Waals surface area contributed by atoms with Gasteiger partial charge in [-0.25, -0.2) is 4.79 Å². The minimum absolute atomic E-state index is 0. The van der Waals surface area contributed by atoms with Crippen molar-refractivity contribution in [2.75, 3.05) is 13.2 Å². The van der Waals surface area contributed by atoms with Crippen molar-refractivity contribution in [3.63, 3.8) is 0 Å². The third-order valence-corrected chi connectivity index (χ3v) is 5.35. The van der Waals surface area contributed by atoms with Crippen LogP contribution in [0, 0.1) is 0 Å². The van der Waals surface area contributed by atoms with Crippen molar-refractivity contribution in [2.45, 2.75) is 122 Å². The molecule has 0 fully saturated rings. The molecule has 0 aromatic carbocycles. The summed E-state index contributed by atoms with van der Waals surface area (Å²) in [4.78, 5) is 22.7. The van der Waals surface area contributed by atoms with Gasteiger partial charge in [0.15, 0.2) is 0 Å². The van der Waals surface area contributed by atoms with E-state index in [0.29, 0.717) is 6.54 Å². The predicted molar refractivity (Wildman–Crippen MR) is 136 cm³/mol. The fourth-order valence-corrected chi connectivity index (χ4v) is 3.44. The number of aliphatic hydroxyl groups is 2. The van der Waals surface area contributed by atoms with Crippen LogP contribution in [0.2, 0.25) is 0 Å². The number of hydrogen-bond donors (Lipinski definition) is 4. The van der Waals surface area contributed by atoms with Crippen LogP contribution in [0.15, 0.2) is 0 Å². The number of alkyl carbamates (subject to hydrolysis) is 1. The van der Waals surface area contributed by atoms with E-state index in [0.717, 1.165) is 19.3 Å². The smallest absolute Gasteiger partial charge is 0.408 e. The Hall–Kier alpha value is -0.610. The number of rotatable bonds is 21. The van der Waals surface area contributed by atoms with Crippen LogP contribution in [0.3, 0.4) is 0 Å². The number of amides is 2. The number of primary amides is 1. The maximum absolute atomic E-state index is 11.6. The summed E-state index contributed by atoms with van der Waals surface area (Å²) in [6, 6.07) is 0. The van der Waals surface area contributed by atoms with E-state index in [2.05, 4.69) is 12.2 Å². The molecule has 0 aliphatic rings. The minimum atomic E-state index is -1.54. The molecule has 0 bridgehead atoms. The number of aliphatic hydroxyl groups excluding tert-OH is 2. The van der Waals surface area contributed by atoms with Crippen LogP contribution in [0.25, 0.3) is 0 Å². The SMILES string of the molecule is CCCCCCCCCCCCCCCCCCNC(=O)OC(C(N)=O)C(O)CO.I. The number of hydrogen-bond acceptors (Lipinski definition) is 5. The van der Waals surface area contributed by atoms with Gasteiger partial charge in [-0.05, 0) is 6.42 Å². The highest BCUT2D eigenvalue weighted by Gasteiger charge is 2.28. The summed E-state index contributed by atoms with van der Waals surface area (Å²) in [5, 5.41) is 20.8. The molecule has 0 aromatic heterocycles. The molecule has 7 nitrogen and oxygen atoms in total. The molecule has 2 unspecified atom stereocenters. The maximum atomic E-state index is 11.6. The van der Waals surface area contributed by atoms with E-state index in [9.17, 15) is 14.7 Å². The van der Waals surface area contributed by atoms with Crippen LogP contribution in [0.1, 0.15) is 110 Å². The van der Waals surface area contributed by atoms with Crippen molar-refractivity contribution in [3.8, 4) is 0 Å². The average Bonchev–Trinajstić information content (AvgIpc) is 2.73. The van der Waals surface area contributed by atoms with Crippen LogP contribution in [-0.4, -0.2) is 47.6 Å². The van der Waals surface area contributed by atoms with Crippen molar-refractivity contribution in [3.05, 3.63) is 0 Å². The lowest BCUT2D eigenvalue weighted by Gasteiger charge is -2.18. The molecule has 0 saturated carbocycles. The predicted octanol–water partition coefficient (Wildman–Crippen LogP) is 4.80. The molecule has 0 spiro atoms. The molecule has 2 atom stereocenters. The van der Waals surface area contributed by atoms with Crippen molar-refractivity contribution in [1.29, 1.82) is 0 Å². The van der Waals surface area contributed by atoms with Crippen LogP contribution in [0.5, 0.6) is 0 Å². The Bertz CT molecular complexity index is 427. The zero-order valence-corrected chi connectivity index (χ0v) is 21.8. The van der Waals surface area contributed by atoms with Crippen LogP contribution < -0.4 is 11.1 Å². The Morgan fingerprint density at radius 1 is 0.806 bits per heavy atom. The number of halogens is 1. The second-order valence-corrected chi connectivity index (χ2v) is 8.21. The molecule has 0 aliphatic carbocycles. The highest BCUT2D eigenvalue weighted by Crippen LogP contribution is 2.13. The first-order chi connectivity index (χ1) is 14.5. The van der Waals surface area contributed by atoms with E-state index in [-0.39, 0.29) is 24.0 Å². The van der Waals surface area contributed by atoms with Crippen molar-refractivity contribution < 1.29 is 24.5 Å². The standard InChI is InChI=1S/C23H46N2O5.HI/c1-2-3-4-5-6-7-8-9-10-11-12-13-14-15-16-17-18-25-23(29)30-21(22(24)28)20(27)19-26;/h20-21,26-27H,2-19H2,1H3,(H2,24,28)(H,25,29);1H. The minimum Gasteiger partial charge on any atom is -0.433 e. The lowest BCUT2D eigenvalue weighted by Crippen LogP contribution is -2.46. The zero-order valence-electron chi connectivity index (χ0n) is 19.5. The van der Waals surface area contributed by atoms with Crippen molar-refractivity contribution >= 4 is 36.0 Å². The highest BCUT2D eigenvalue weighted by molar-refractivity contribution is 14.0. The van der Waals surface area contributed by atoms with Gasteiger partial charge in [-0.15, -0.1) is 24.0 Å². The van der Waals surface area contributed by atoms with E-state index in [1.165, 1.54) is 83.5 Å². The van der Waals surface area contributed by atoms with Crippen LogP contribution in [0.4, 0.5) is 4.79 Å². The van der Waals surface area contributed by atoms with E-state index in [1.807, 2.05) is 0 Å². The number of nitrogens with two attached hydrogens (primary N) is 1. The summed E-state index contributed by atoms with van der Waals surface area (Å²) in [6.45, 7) is 1.99. The van der Waals surface area contributed by atoms with E-state index in [1.54, 1.807) is 0 Å². The van der Waals surface area contributed by atoms with E-state index >= 15 is 0 Å². The number of nitrogens with one attached hydrogen (secondary N) is 1. The van der Waals surface area contributed by atoms with Crippen molar-refractivity contribution in [2.24, 2.45) is 5.73 Å². The molecular formula is C23H47IN2O5. The van der Waals surface area contributed by atoms with Gasteiger partial charge in [0, 0.05) is 6.54 Å². The topological polar surface area (TPSA) is 122 Å². The zero-order chi connectivity index (χ0) is 22.5. The van der Waals surface area contributed by atoms with Gasteiger partial charge in [-0.1, -0.05) is 103 Å². The number of carbonyl (C=O) groups excluding carboxylic acids is 2. The summed E-state index contributed by atoms with van der Waals surface area (Å²) in [5.74, 6) is -0.992. The molecule has 31 heavy (non-hydrogen) atoms. The summed E-state index contributed by atoms with van der Waals surface area (Å²) in [6.07, 6.45) is 16.7. The van der Waals surface area contributed by atoms with Gasteiger partial charge in [0.1, 0.15) is 6.10 Å². The average molecular weight is 559 g/mol. The molecular weight excluding hydrogens is 511 g/mol. The fraction of sp³-hybridized carbons (Fsp3) is 0.913. The Morgan fingerprint density at radius 3 is 1.55 bits per heavy atom. The summed E-state index contributed by atoms with van der Waals surface area (Å²) in [7, 11) is 0. The summed E-state index contributed by atoms with van der Waals surface area (Å²) < 4.78 is 4.76. The monoisotopic (exact) mass is 558 g/mol. The largest absolute Gasteiger partial charge is 0.433 e. The Labute approximate surface area is 206 Å². The molecule has 0 radical (unpaired) electrons. The Morgan fingerprint density at radius 2 is 1.19 bits per heavy atom. The maximum Gasteiger partial charge on any atom is 0.408 e. The van der Waals surface area contributed by atoms with Gasteiger partial charge >= 0.3 is 6.09 Å². The van der Waals surface area contributed by atoms with Gasteiger partial charge in [-0.3, -0.25) is 4.79 Å². The molecule has 0 saturated heterocycles. The third kappa shape index (κ3) is 21.0. The van der Waals surface area contributed by atoms with E-state index in [4.69, 9.17) is 15.6 Å². The number of carbonyl (C=O) groups is 2. The Kier molecular flexibility index (Phi) is 25.3. The first-order valence-corrected chi connectivity index (χ1v) is 12.1. The van der Waals surface area contributed by atoms with Gasteiger partial charge < -0.3 is 26.0 Å². The number of unbranched alkanes of at least 4 members (excludes halogenated alkanes) is 15. The third-order valence-electron chi connectivity index (χ3n) is 5.35. The molecule has 8 heteroatoms. The van der Waals surface area contributed by atoms with Crippen LogP contribution >= 0.6 is 24.0 Å². The van der Waals surface area contributed by atoms with Gasteiger partial charge in [-0.2, -0.15) is 0 Å². The van der Waals surface area contributed by atoms with E-state index < -0.39 is 30.8 Å². The molecule has 0 aliphatic heterocycles. The van der Waals surface area contributed by atoms with Gasteiger partial charge in [0.25, 0.3) is 5.91 Å². The molecule has 186 valence electrons. The second-order valence-electron chi connectivity index (χ2n) is 8.21. The lowest BCUT2D eigenvalue weighted by molar-refractivity contribution is -0.133. The first-order valence-electron chi connectivity index (χ1n) is 12.1. The molecule has 5 N–H and O–H groups in total. The second kappa shape index (κ2) is 24.0. The summed E-state index contributed by atoms with van der Waals surface area (Å²) in [5.41, 5.74) is 5.04. The van der Waals surface area contributed by atoms with Crippen molar-refractivity contribution in [1.82, 2.24) is 5.32 Å². The normalized spacial score (nSPS) is 12.6. The molecule has 0 rings (SSSR count). The van der Waals surface area contributed by atoms with Gasteiger partial charge in [0.2, 0.25) is 6.10 Å². The number of ether oxygens (including phenoxy) is 1. The Balaban J connectivity index is 0. The molecule has 0 heterocycles. The molecule has 2 amide bonds.